The van der Waals surface area contributed by atoms with E-state index in [-0.39, 0.29) is 45.3 Å². The van der Waals surface area contributed by atoms with Crippen LogP contribution in [-0.4, -0.2) is 45.2 Å². The molecule has 0 aliphatic rings. The van der Waals surface area contributed by atoms with Crippen LogP contribution in [0.5, 0.6) is 0 Å². The summed E-state index contributed by atoms with van der Waals surface area (Å²) in [5.41, 5.74) is 0.593. The van der Waals surface area contributed by atoms with Crippen molar-refractivity contribution < 1.29 is 29.4 Å². The van der Waals surface area contributed by atoms with Crippen LogP contribution < -0.4 is 0 Å². The third-order valence-electron chi connectivity index (χ3n) is 3.33. The fourth-order valence-electron chi connectivity index (χ4n) is 2.05. The molecule has 0 atom stereocenters. The smallest absolute Gasteiger partial charge is 0.335 e. The highest BCUT2D eigenvalue weighted by Gasteiger charge is 2.13. The first-order valence-corrected chi connectivity index (χ1v) is 9.35. The molecule has 0 aliphatic carbocycles. The van der Waals surface area contributed by atoms with Gasteiger partial charge in [0.1, 0.15) is 0 Å². The minimum atomic E-state index is -1.12. The Morgan fingerprint density at radius 1 is 0.704 bits per heavy atom. The molecule has 2 N–H and O–H groups in total. The predicted molar refractivity (Wildman–Crippen MR) is 104 cm³/mol. The first kappa shape index (κ1) is 22.1. The van der Waals surface area contributed by atoms with Gasteiger partial charge in [-0.1, -0.05) is 38.1 Å². The summed E-state index contributed by atoms with van der Waals surface area (Å²) in [4.78, 5) is 46.0. The van der Waals surface area contributed by atoms with Gasteiger partial charge in [-0.3, -0.25) is 9.59 Å². The Morgan fingerprint density at radius 3 is 1.37 bits per heavy atom. The van der Waals surface area contributed by atoms with Gasteiger partial charge < -0.3 is 10.2 Å². The molecule has 2 aromatic rings. The molecular weight excluding hydrogens is 368 g/mol. The monoisotopic (exact) mass is 388 g/mol. The second-order valence-corrected chi connectivity index (χ2v) is 6.10. The lowest BCUT2D eigenvalue weighted by Crippen LogP contribution is -2.09. The van der Waals surface area contributed by atoms with Crippen molar-refractivity contribution in [2.75, 3.05) is 11.5 Å². The molecule has 0 amide bonds. The molecule has 0 saturated carbocycles. The average molecular weight is 388 g/mol. The van der Waals surface area contributed by atoms with E-state index in [1.54, 1.807) is 0 Å². The maximum Gasteiger partial charge on any atom is 0.335 e. The van der Waals surface area contributed by atoms with Gasteiger partial charge in [0, 0.05) is 11.1 Å². The number of carbonyl (C=O) groups is 4. The zero-order valence-electron chi connectivity index (χ0n) is 15.0. The lowest BCUT2D eigenvalue weighted by atomic mass is 10.1. The molecule has 0 heterocycles. The molecule has 0 fully saturated rings. The summed E-state index contributed by atoms with van der Waals surface area (Å²) >= 11 is 1.09. The lowest BCUT2D eigenvalue weighted by molar-refractivity contribution is 0.0686. The molecule has 7 heteroatoms. The van der Waals surface area contributed by atoms with E-state index in [2.05, 4.69) is 0 Å². The van der Waals surface area contributed by atoms with E-state index >= 15 is 0 Å². The topological polar surface area (TPSA) is 109 Å². The molecule has 2 rings (SSSR count). The van der Waals surface area contributed by atoms with E-state index in [1.807, 2.05) is 13.8 Å². The minimum Gasteiger partial charge on any atom is -0.478 e. The second-order valence-electron chi connectivity index (χ2n) is 5.11. The Kier molecular flexibility index (Phi) is 8.95. The first-order valence-electron chi connectivity index (χ1n) is 8.19. The summed E-state index contributed by atoms with van der Waals surface area (Å²) in [6.07, 6.45) is 0. The highest BCUT2D eigenvalue weighted by Crippen LogP contribution is 2.13. The quantitative estimate of drug-likeness (QED) is 0.660. The van der Waals surface area contributed by atoms with E-state index in [1.165, 1.54) is 48.5 Å². The van der Waals surface area contributed by atoms with E-state index in [0.29, 0.717) is 0 Å². The Labute approximate surface area is 161 Å². The van der Waals surface area contributed by atoms with E-state index in [9.17, 15) is 19.2 Å². The molecule has 0 spiro atoms. The van der Waals surface area contributed by atoms with Crippen molar-refractivity contribution >= 4 is 35.3 Å². The number of rotatable bonds is 8. The number of benzene rings is 2. The van der Waals surface area contributed by atoms with Crippen LogP contribution in [0.3, 0.4) is 0 Å². The summed E-state index contributed by atoms with van der Waals surface area (Å²) in [5, 5.41) is 17.8. The Balaban J connectivity index is 0.00000176. The lowest BCUT2D eigenvalue weighted by Gasteiger charge is -2.04. The van der Waals surface area contributed by atoms with Crippen molar-refractivity contribution in [2.45, 2.75) is 13.8 Å². The van der Waals surface area contributed by atoms with Gasteiger partial charge in [-0.2, -0.15) is 0 Å². The summed E-state index contributed by atoms with van der Waals surface area (Å²) < 4.78 is 0. The van der Waals surface area contributed by atoms with Crippen molar-refractivity contribution in [1.82, 2.24) is 0 Å². The van der Waals surface area contributed by atoms with Crippen LogP contribution in [0.2, 0.25) is 0 Å². The standard InChI is InChI=1S/C18H14O6S.C2H6/c19-15(11-3-1-5-13(7-11)17(21)22)9-25-10-16(20)12-4-2-6-14(8-12)18(23)24;1-2/h1-8H,9-10H2,(H,21,22)(H,23,24);1-2H3. The van der Waals surface area contributed by atoms with Crippen molar-refractivity contribution in [3.8, 4) is 0 Å². The van der Waals surface area contributed by atoms with Crippen LogP contribution >= 0.6 is 11.8 Å². The Bertz CT molecular complexity index is 774. The van der Waals surface area contributed by atoms with Crippen molar-refractivity contribution in [2.24, 2.45) is 0 Å². The molecule has 0 saturated heterocycles. The third kappa shape index (κ3) is 6.71. The number of ketones is 2. The molecule has 142 valence electrons. The normalized spacial score (nSPS) is 9.70. The molecule has 27 heavy (non-hydrogen) atoms. The SMILES string of the molecule is CC.O=C(O)c1cccc(C(=O)CSCC(=O)c2cccc(C(=O)O)c2)c1. The number of carboxylic acids is 2. The van der Waals surface area contributed by atoms with Gasteiger partial charge in [-0.05, 0) is 24.3 Å². The third-order valence-corrected chi connectivity index (χ3v) is 4.26. The van der Waals surface area contributed by atoms with Crippen LogP contribution in [0.4, 0.5) is 0 Å². The number of hydrogen-bond acceptors (Lipinski definition) is 5. The summed E-state index contributed by atoms with van der Waals surface area (Å²) in [7, 11) is 0. The molecule has 0 aromatic heterocycles. The molecule has 0 radical (unpaired) electrons. The van der Waals surface area contributed by atoms with Crippen LogP contribution in [0, 0.1) is 0 Å². The predicted octanol–water partition coefficient (Wildman–Crippen LogP) is 3.91. The van der Waals surface area contributed by atoms with E-state index in [4.69, 9.17) is 10.2 Å². The highest BCUT2D eigenvalue weighted by molar-refractivity contribution is 8.00. The highest BCUT2D eigenvalue weighted by atomic mass is 32.2. The number of thioether (sulfide) groups is 1. The molecule has 6 nitrogen and oxygen atoms in total. The minimum absolute atomic E-state index is 0.0213. The zero-order chi connectivity index (χ0) is 20.4. The van der Waals surface area contributed by atoms with Gasteiger partial charge >= 0.3 is 11.9 Å². The number of aromatic carboxylic acids is 2. The van der Waals surface area contributed by atoms with Gasteiger partial charge in [0.15, 0.2) is 11.6 Å². The van der Waals surface area contributed by atoms with Crippen LogP contribution in [-0.2, 0) is 0 Å². The summed E-state index contributed by atoms with van der Waals surface area (Å²) in [6.45, 7) is 4.00. The molecule has 2 aromatic carbocycles. The van der Waals surface area contributed by atoms with Crippen LogP contribution in [0.15, 0.2) is 48.5 Å². The molecular formula is C20H20O6S. The molecule has 0 aliphatic heterocycles. The Hall–Kier alpha value is -2.93. The van der Waals surface area contributed by atoms with E-state index in [0.717, 1.165) is 11.8 Å². The summed E-state index contributed by atoms with van der Waals surface area (Å²) in [5.74, 6) is -2.74. The first-order chi connectivity index (χ1) is 12.9. The molecule has 0 bridgehead atoms. The van der Waals surface area contributed by atoms with Crippen molar-refractivity contribution in [3.05, 3.63) is 70.8 Å². The molecule has 0 unspecified atom stereocenters. The number of carbonyl (C=O) groups excluding carboxylic acids is 2. The number of hydrogen-bond donors (Lipinski definition) is 2. The van der Waals surface area contributed by atoms with Crippen LogP contribution in [0.1, 0.15) is 55.3 Å². The average Bonchev–Trinajstić information content (AvgIpc) is 2.69. The van der Waals surface area contributed by atoms with Crippen LogP contribution in [0.25, 0.3) is 0 Å². The fourth-order valence-corrected chi connectivity index (χ4v) is 2.86. The van der Waals surface area contributed by atoms with Gasteiger partial charge in [-0.15, -0.1) is 11.8 Å². The maximum absolute atomic E-state index is 12.1. The zero-order valence-corrected chi connectivity index (χ0v) is 15.8. The van der Waals surface area contributed by atoms with Crippen molar-refractivity contribution in [3.63, 3.8) is 0 Å². The Morgan fingerprint density at radius 2 is 1.04 bits per heavy atom. The number of carboxylic acid groups (broad SMARTS) is 2. The fraction of sp³-hybridized carbons (Fsp3) is 0.200. The van der Waals surface area contributed by atoms with Gasteiger partial charge in [0.05, 0.1) is 22.6 Å². The van der Waals surface area contributed by atoms with Gasteiger partial charge in [-0.25, -0.2) is 9.59 Å². The summed E-state index contributed by atoms with van der Waals surface area (Å²) in [6, 6.07) is 11.4. The largest absolute Gasteiger partial charge is 0.478 e. The van der Waals surface area contributed by atoms with Crippen molar-refractivity contribution in [1.29, 1.82) is 0 Å². The van der Waals surface area contributed by atoms with E-state index < -0.39 is 11.9 Å². The maximum atomic E-state index is 12.1. The van der Waals surface area contributed by atoms with Gasteiger partial charge in [0.2, 0.25) is 0 Å². The van der Waals surface area contributed by atoms with Gasteiger partial charge in [0.25, 0.3) is 0 Å². The number of Topliss-reactive ketones (excluding diaryl/α,β-unsaturated/α-hetero) is 2. The second kappa shape index (κ2) is 10.9.